The topological polar surface area (TPSA) is 119 Å². The van der Waals surface area contributed by atoms with Gasteiger partial charge in [0.1, 0.15) is 28.1 Å². The fourth-order valence-electron chi connectivity index (χ4n) is 3.65. The largest absolute Gasteiger partial charge is 0.495 e. The van der Waals surface area contributed by atoms with Crippen molar-refractivity contribution in [1.82, 2.24) is 9.78 Å². The van der Waals surface area contributed by atoms with Crippen LogP contribution in [0.15, 0.2) is 41.3 Å². The number of nitrogens with zero attached hydrogens (tertiary/aromatic N) is 2. The summed E-state index contributed by atoms with van der Waals surface area (Å²) in [7, 11) is -3.12. The summed E-state index contributed by atoms with van der Waals surface area (Å²) in [6.07, 6.45) is 0.378. The number of nitrogens with one attached hydrogen (secondary N) is 2. The minimum Gasteiger partial charge on any atom is -0.495 e. The highest BCUT2D eigenvalue weighted by Gasteiger charge is 2.29. The molecule has 4 rings (SSSR count). The Morgan fingerprint density at radius 3 is 2.59 bits per heavy atom. The molecule has 3 aromatic rings. The van der Waals surface area contributed by atoms with Gasteiger partial charge in [-0.15, -0.1) is 0 Å². The predicted molar refractivity (Wildman–Crippen MR) is 119 cm³/mol. The molecule has 1 aliphatic heterocycles. The van der Waals surface area contributed by atoms with E-state index in [0.717, 1.165) is 16.8 Å². The Morgan fingerprint density at radius 1 is 1.15 bits per heavy atom. The Labute approximate surface area is 193 Å². The first kappa shape index (κ1) is 23.4. The monoisotopic (exact) mass is 490 g/mol. The van der Waals surface area contributed by atoms with Crippen LogP contribution in [0.4, 0.5) is 20.3 Å². The minimum atomic E-state index is -4.39. The highest BCUT2D eigenvalue weighted by molar-refractivity contribution is 7.92. The lowest BCUT2D eigenvalue weighted by atomic mass is 10.0. The molecule has 2 aromatic carbocycles. The number of rotatable bonds is 6. The van der Waals surface area contributed by atoms with Gasteiger partial charge in [0.15, 0.2) is 0 Å². The van der Waals surface area contributed by atoms with Gasteiger partial charge in [0.2, 0.25) is 11.8 Å². The molecule has 0 unspecified atom stereocenters. The third-order valence-electron chi connectivity index (χ3n) is 5.27. The molecular formula is C22H20F2N4O5S. The summed E-state index contributed by atoms with van der Waals surface area (Å²) < 4.78 is 62.0. The molecule has 1 aliphatic rings. The Bertz CT molecular complexity index is 1420. The molecule has 0 fully saturated rings. The third kappa shape index (κ3) is 4.23. The maximum atomic E-state index is 14.1. The van der Waals surface area contributed by atoms with Crippen LogP contribution in [0.3, 0.4) is 0 Å². The SMILES string of the molecule is CCc1nn2c(c1-c1ccc(OC)c(S(=O)(=O)Nc3ccc(F)cc3F)c1)NC(=O)CCC2=O. The van der Waals surface area contributed by atoms with Crippen molar-refractivity contribution in [3.63, 3.8) is 0 Å². The number of ether oxygens (including phenoxy) is 1. The van der Waals surface area contributed by atoms with E-state index < -0.39 is 27.3 Å². The zero-order valence-corrected chi connectivity index (χ0v) is 19.0. The highest BCUT2D eigenvalue weighted by atomic mass is 32.2. The van der Waals surface area contributed by atoms with Gasteiger partial charge in [-0.2, -0.15) is 9.78 Å². The van der Waals surface area contributed by atoms with E-state index in [1.807, 2.05) is 0 Å². The molecule has 12 heteroatoms. The molecule has 178 valence electrons. The first-order chi connectivity index (χ1) is 16.1. The second kappa shape index (κ2) is 8.86. The minimum absolute atomic E-state index is 0.00150. The first-order valence-corrected chi connectivity index (χ1v) is 11.7. The number of fused-ring (bicyclic) bond motifs is 1. The van der Waals surface area contributed by atoms with Crippen molar-refractivity contribution in [1.29, 1.82) is 0 Å². The number of sulfonamides is 1. The Balaban J connectivity index is 1.86. The van der Waals surface area contributed by atoms with Crippen molar-refractivity contribution in [2.24, 2.45) is 0 Å². The average molecular weight is 490 g/mol. The smallest absolute Gasteiger partial charge is 0.265 e. The third-order valence-corrected chi connectivity index (χ3v) is 6.66. The van der Waals surface area contributed by atoms with E-state index >= 15 is 0 Å². The Morgan fingerprint density at radius 2 is 1.91 bits per heavy atom. The molecule has 0 saturated heterocycles. The van der Waals surface area contributed by atoms with Crippen molar-refractivity contribution in [2.75, 3.05) is 17.1 Å². The number of halogens is 2. The summed E-state index contributed by atoms with van der Waals surface area (Å²) in [5, 5.41) is 6.99. The second-order valence-electron chi connectivity index (χ2n) is 7.47. The van der Waals surface area contributed by atoms with E-state index in [4.69, 9.17) is 4.74 Å². The van der Waals surface area contributed by atoms with Gasteiger partial charge in [0.25, 0.3) is 10.0 Å². The number of methoxy groups -OCH3 is 1. The number of carbonyl (C=O) groups excluding carboxylic acids is 2. The normalized spacial score (nSPS) is 13.8. The van der Waals surface area contributed by atoms with Gasteiger partial charge >= 0.3 is 0 Å². The molecule has 9 nitrogen and oxygen atoms in total. The molecule has 0 bridgehead atoms. The number of benzene rings is 2. The zero-order valence-electron chi connectivity index (χ0n) is 18.2. The van der Waals surface area contributed by atoms with E-state index in [2.05, 4.69) is 15.1 Å². The molecule has 1 amide bonds. The summed E-state index contributed by atoms with van der Waals surface area (Å²) in [6.45, 7) is 1.80. The van der Waals surface area contributed by atoms with Crippen LogP contribution in [0.25, 0.3) is 11.1 Å². The zero-order chi connectivity index (χ0) is 24.6. The molecule has 34 heavy (non-hydrogen) atoms. The number of hydrogen-bond acceptors (Lipinski definition) is 6. The van der Waals surface area contributed by atoms with Crippen LogP contribution < -0.4 is 14.8 Å². The number of carbonyl (C=O) groups is 2. The summed E-state index contributed by atoms with van der Waals surface area (Å²) >= 11 is 0. The van der Waals surface area contributed by atoms with Gasteiger partial charge in [-0.3, -0.25) is 14.3 Å². The quantitative estimate of drug-likeness (QED) is 0.545. The molecule has 0 saturated carbocycles. The summed E-state index contributed by atoms with van der Waals surface area (Å²) in [5.41, 5.74) is 0.754. The van der Waals surface area contributed by atoms with Gasteiger partial charge in [0.05, 0.1) is 18.5 Å². The standard InChI is InChI=1S/C22H20F2N4O5S/c1-3-15-21(22-25-19(29)8-9-20(30)28(22)26-15)12-4-7-17(33-2)18(10-12)34(31,32)27-16-6-5-13(23)11-14(16)24/h4-7,10-11,27H,3,8-9H2,1-2H3,(H,25,29). The molecule has 0 spiro atoms. The van der Waals surface area contributed by atoms with Gasteiger partial charge in [0, 0.05) is 24.5 Å². The molecule has 0 atom stereocenters. The summed E-state index contributed by atoms with van der Waals surface area (Å²) in [5.74, 6) is -2.57. The lowest BCUT2D eigenvalue weighted by Gasteiger charge is -2.14. The van der Waals surface area contributed by atoms with Gasteiger partial charge in [-0.25, -0.2) is 17.2 Å². The first-order valence-electron chi connectivity index (χ1n) is 10.3. The van der Waals surface area contributed by atoms with Gasteiger partial charge in [-0.05, 0) is 36.2 Å². The van der Waals surface area contributed by atoms with Crippen LogP contribution in [0, 0.1) is 11.6 Å². The van der Waals surface area contributed by atoms with E-state index in [1.54, 1.807) is 13.0 Å². The van der Waals surface area contributed by atoms with Crippen LogP contribution in [0.1, 0.15) is 30.3 Å². The van der Waals surface area contributed by atoms with Crippen molar-refractivity contribution in [2.45, 2.75) is 31.1 Å². The second-order valence-corrected chi connectivity index (χ2v) is 9.12. The number of amides is 1. The van der Waals surface area contributed by atoms with Crippen molar-refractivity contribution < 1.29 is 31.5 Å². The van der Waals surface area contributed by atoms with Crippen LogP contribution in [0.5, 0.6) is 5.75 Å². The van der Waals surface area contributed by atoms with Gasteiger partial charge in [-0.1, -0.05) is 13.0 Å². The maximum Gasteiger partial charge on any atom is 0.265 e. The number of hydrogen-bond donors (Lipinski definition) is 2. The van der Waals surface area contributed by atoms with Crippen molar-refractivity contribution in [3.05, 3.63) is 53.7 Å². The Kier molecular flexibility index (Phi) is 6.09. The number of anilines is 2. The van der Waals surface area contributed by atoms with E-state index in [9.17, 15) is 26.8 Å². The molecule has 2 heterocycles. The lowest BCUT2D eigenvalue weighted by molar-refractivity contribution is -0.116. The number of aryl methyl sites for hydroxylation is 1. The van der Waals surface area contributed by atoms with Gasteiger partial charge < -0.3 is 10.1 Å². The summed E-state index contributed by atoms with van der Waals surface area (Å²) in [4.78, 5) is 24.3. The predicted octanol–water partition coefficient (Wildman–Crippen LogP) is 3.57. The van der Waals surface area contributed by atoms with E-state index in [1.165, 1.54) is 19.2 Å². The van der Waals surface area contributed by atoms with Crippen molar-refractivity contribution in [3.8, 4) is 16.9 Å². The fourth-order valence-corrected chi connectivity index (χ4v) is 4.91. The van der Waals surface area contributed by atoms with E-state index in [-0.39, 0.29) is 41.1 Å². The van der Waals surface area contributed by atoms with E-state index in [0.29, 0.717) is 29.3 Å². The molecule has 0 radical (unpaired) electrons. The molecular weight excluding hydrogens is 470 g/mol. The number of aromatic nitrogens is 2. The molecule has 2 N–H and O–H groups in total. The molecule has 1 aromatic heterocycles. The Hall–Kier alpha value is -3.80. The van der Waals surface area contributed by atoms with Crippen molar-refractivity contribution >= 4 is 33.3 Å². The van der Waals surface area contributed by atoms with Crippen LogP contribution in [0.2, 0.25) is 0 Å². The highest BCUT2D eigenvalue weighted by Crippen LogP contribution is 2.38. The van der Waals surface area contributed by atoms with Crippen LogP contribution in [-0.2, 0) is 21.2 Å². The average Bonchev–Trinajstić information content (AvgIpc) is 3.10. The lowest BCUT2D eigenvalue weighted by Crippen LogP contribution is -2.15. The van der Waals surface area contributed by atoms with Crippen LogP contribution in [-0.4, -0.2) is 37.1 Å². The maximum absolute atomic E-state index is 14.1. The molecule has 0 aliphatic carbocycles. The summed E-state index contributed by atoms with van der Waals surface area (Å²) in [6, 6.07) is 6.68. The fraction of sp³-hybridized carbons (Fsp3) is 0.227. The van der Waals surface area contributed by atoms with Crippen LogP contribution >= 0.6 is 0 Å².